The number of nitrogens with zero attached hydrogens (tertiary/aromatic N) is 2. The number of ketones is 1. The number of rotatable bonds is 8. The van der Waals surface area contributed by atoms with E-state index in [-0.39, 0.29) is 18.3 Å². The maximum Gasteiger partial charge on any atom is 0.344 e. The Morgan fingerprint density at radius 1 is 1.06 bits per heavy atom. The highest BCUT2D eigenvalue weighted by Gasteiger charge is 2.19. The fraction of sp³-hybridized carbons (Fsp3) is 0.240. The van der Waals surface area contributed by atoms with Gasteiger partial charge in [-0.2, -0.15) is 5.26 Å². The topological polar surface area (TPSA) is 99.8 Å². The Morgan fingerprint density at radius 2 is 1.85 bits per heavy atom. The van der Waals surface area contributed by atoms with Crippen LogP contribution < -0.4 is 14.2 Å². The molecule has 3 aromatic rings. The predicted octanol–water partition coefficient (Wildman–Crippen LogP) is 3.56. The zero-order chi connectivity index (χ0) is 23.4. The van der Waals surface area contributed by atoms with E-state index in [2.05, 4.69) is 0 Å². The number of para-hydroxylation sites is 1. The van der Waals surface area contributed by atoms with Crippen molar-refractivity contribution in [2.75, 3.05) is 20.0 Å². The van der Waals surface area contributed by atoms with Crippen LogP contribution in [-0.2, 0) is 16.1 Å². The van der Waals surface area contributed by atoms with Crippen LogP contribution in [0.1, 0.15) is 32.9 Å². The normalized spacial score (nSPS) is 11.7. The first kappa shape index (κ1) is 22.0. The van der Waals surface area contributed by atoms with Crippen LogP contribution in [-0.4, -0.2) is 36.3 Å². The lowest BCUT2D eigenvalue weighted by Gasteiger charge is -2.11. The zero-order valence-electron chi connectivity index (χ0n) is 18.3. The summed E-state index contributed by atoms with van der Waals surface area (Å²) in [5.74, 6) is 0.724. The van der Waals surface area contributed by atoms with E-state index < -0.39 is 19.2 Å². The summed E-state index contributed by atoms with van der Waals surface area (Å²) in [4.78, 5) is 24.7. The molecule has 8 heteroatoms. The summed E-state index contributed by atoms with van der Waals surface area (Å²) in [6, 6.07) is 16.1. The van der Waals surface area contributed by atoms with Gasteiger partial charge in [-0.05, 0) is 49.7 Å². The average Bonchev–Trinajstić information content (AvgIpc) is 3.40. The highest BCUT2D eigenvalue weighted by molar-refractivity contribution is 5.99. The SMILES string of the molecule is Cc1cc(C(=O)COC(=O)COc2ccccc2C#N)c(C)n1Cc1ccc2c(c1)OCO2. The number of aryl methyl sites for hydroxylation is 1. The number of ether oxygens (including phenoxy) is 4. The molecule has 8 nitrogen and oxygen atoms in total. The molecule has 1 aliphatic rings. The van der Waals surface area contributed by atoms with Gasteiger partial charge in [0.05, 0.1) is 5.56 Å². The highest BCUT2D eigenvalue weighted by Crippen LogP contribution is 2.33. The number of carbonyl (C=O) groups is 2. The molecule has 0 unspecified atom stereocenters. The minimum atomic E-state index is -0.690. The average molecular weight is 446 g/mol. The molecule has 0 saturated heterocycles. The van der Waals surface area contributed by atoms with Crippen LogP contribution >= 0.6 is 0 Å². The van der Waals surface area contributed by atoms with Crippen LogP contribution in [0, 0.1) is 25.2 Å². The molecule has 4 rings (SSSR count). The van der Waals surface area contributed by atoms with Crippen LogP contribution in [0.25, 0.3) is 0 Å². The second-order valence-corrected chi connectivity index (χ2v) is 7.54. The molecule has 0 fully saturated rings. The summed E-state index contributed by atoms with van der Waals surface area (Å²) in [7, 11) is 0. The van der Waals surface area contributed by atoms with Crippen LogP contribution in [0.2, 0.25) is 0 Å². The zero-order valence-corrected chi connectivity index (χ0v) is 18.3. The number of fused-ring (bicyclic) bond motifs is 1. The number of Topliss-reactive ketones (excluding diaryl/α,β-unsaturated/α-hetero) is 1. The van der Waals surface area contributed by atoms with Crippen molar-refractivity contribution in [1.82, 2.24) is 4.57 Å². The summed E-state index contributed by atoms with van der Waals surface area (Å²) >= 11 is 0. The third kappa shape index (κ3) is 4.83. The Bertz CT molecular complexity index is 1250. The Kier molecular flexibility index (Phi) is 6.31. The van der Waals surface area contributed by atoms with Crippen LogP contribution in [0.15, 0.2) is 48.5 Å². The lowest BCUT2D eigenvalue weighted by atomic mass is 10.1. The van der Waals surface area contributed by atoms with E-state index in [1.165, 1.54) is 0 Å². The van der Waals surface area contributed by atoms with E-state index in [1.54, 1.807) is 30.3 Å². The molecular weight excluding hydrogens is 424 g/mol. The molecule has 1 aromatic heterocycles. The third-order valence-electron chi connectivity index (χ3n) is 5.37. The van der Waals surface area contributed by atoms with E-state index in [9.17, 15) is 9.59 Å². The third-order valence-corrected chi connectivity index (χ3v) is 5.37. The standard InChI is InChI=1S/C25H22N2O6/c1-16-9-20(17(2)27(16)12-18-7-8-23-24(10-18)33-15-32-23)21(28)13-31-25(29)14-30-22-6-4-3-5-19(22)11-26/h3-10H,12-15H2,1-2H3. The Balaban J connectivity index is 1.36. The molecule has 0 spiro atoms. The van der Waals surface area contributed by atoms with Gasteiger partial charge in [0.15, 0.2) is 24.7 Å². The molecule has 2 aromatic carbocycles. The maximum absolute atomic E-state index is 12.7. The van der Waals surface area contributed by atoms with Gasteiger partial charge in [0, 0.05) is 23.5 Å². The van der Waals surface area contributed by atoms with Gasteiger partial charge >= 0.3 is 5.97 Å². The van der Waals surface area contributed by atoms with E-state index in [1.807, 2.05) is 42.7 Å². The highest BCUT2D eigenvalue weighted by atomic mass is 16.7. The fourth-order valence-electron chi connectivity index (χ4n) is 3.64. The van der Waals surface area contributed by atoms with Crippen molar-refractivity contribution in [3.8, 4) is 23.3 Å². The van der Waals surface area contributed by atoms with E-state index in [0.717, 1.165) is 22.7 Å². The summed E-state index contributed by atoms with van der Waals surface area (Å²) in [5, 5.41) is 9.07. The predicted molar refractivity (Wildman–Crippen MR) is 118 cm³/mol. The van der Waals surface area contributed by atoms with Gasteiger partial charge in [0.2, 0.25) is 12.6 Å². The van der Waals surface area contributed by atoms with Gasteiger partial charge in [0.1, 0.15) is 11.8 Å². The second-order valence-electron chi connectivity index (χ2n) is 7.54. The number of carbonyl (C=O) groups excluding carboxylic acids is 2. The number of hydrogen-bond donors (Lipinski definition) is 0. The minimum Gasteiger partial charge on any atom is -0.481 e. The van der Waals surface area contributed by atoms with Crippen LogP contribution in [0.5, 0.6) is 17.2 Å². The summed E-state index contributed by atoms with van der Waals surface area (Å²) in [5.41, 5.74) is 3.52. The van der Waals surface area contributed by atoms with Gasteiger partial charge in [-0.15, -0.1) is 0 Å². The molecule has 33 heavy (non-hydrogen) atoms. The lowest BCUT2D eigenvalue weighted by Crippen LogP contribution is -2.20. The Hall–Kier alpha value is -4.25. The number of benzene rings is 2. The summed E-state index contributed by atoms with van der Waals surface area (Å²) in [6.07, 6.45) is 0. The van der Waals surface area contributed by atoms with Crippen molar-refractivity contribution in [1.29, 1.82) is 5.26 Å². The van der Waals surface area contributed by atoms with E-state index in [0.29, 0.717) is 23.4 Å². The molecule has 0 radical (unpaired) electrons. The lowest BCUT2D eigenvalue weighted by molar-refractivity contribution is -0.144. The number of hydrogen-bond acceptors (Lipinski definition) is 7. The van der Waals surface area contributed by atoms with Crippen molar-refractivity contribution in [2.24, 2.45) is 0 Å². The minimum absolute atomic E-state index is 0.216. The molecule has 0 N–H and O–H groups in total. The Morgan fingerprint density at radius 3 is 2.67 bits per heavy atom. The molecule has 0 aliphatic carbocycles. The van der Waals surface area contributed by atoms with E-state index >= 15 is 0 Å². The maximum atomic E-state index is 12.7. The van der Waals surface area contributed by atoms with Crippen LogP contribution in [0.4, 0.5) is 0 Å². The molecule has 1 aliphatic heterocycles. The second kappa shape index (κ2) is 9.49. The number of nitriles is 1. The monoisotopic (exact) mass is 446 g/mol. The first-order valence-electron chi connectivity index (χ1n) is 10.3. The molecule has 2 heterocycles. The van der Waals surface area contributed by atoms with Crippen molar-refractivity contribution in [3.05, 3.63) is 76.6 Å². The fourth-order valence-corrected chi connectivity index (χ4v) is 3.64. The quantitative estimate of drug-likeness (QED) is 0.385. The van der Waals surface area contributed by atoms with Crippen molar-refractivity contribution in [3.63, 3.8) is 0 Å². The first-order chi connectivity index (χ1) is 16.0. The summed E-state index contributed by atoms with van der Waals surface area (Å²) < 4.78 is 23.2. The largest absolute Gasteiger partial charge is 0.481 e. The van der Waals surface area contributed by atoms with Gasteiger partial charge < -0.3 is 23.5 Å². The molecule has 0 amide bonds. The van der Waals surface area contributed by atoms with Crippen LogP contribution in [0.3, 0.4) is 0 Å². The van der Waals surface area contributed by atoms with Crippen molar-refractivity contribution < 1.29 is 28.5 Å². The number of esters is 1. The Labute approximate surface area is 190 Å². The smallest absolute Gasteiger partial charge is 0.344 e. The molecule has 0 saturated carbocycles. The van der Waals surface area contributed by atoms with Gasteiger partial charge in [-0.25, -0.2) is 4.79 Å². The molecule has 0 bridgehead atoms. The first-order valence-corrected chi connectivity index (χ1v) is 10.3. The molecule has 168 valence electrons. The number of aromatic nitrogens is 1. The van der Waals surface area contributed by atoms with E-state index in [4.69, 9.17) is 24.2 Å². The van der Waals surface area contributed by atoms with Gasteiger partial charge in [-0.1, -0.05) is 18.2 Å². The van der Waals surface area contributed by atoms with Crippen molar-refractivity contribution >= 4 is 11.8 Å². The van der Waals surface area contributed by atoms with Gasteiger partial charge in [-0.3, -0.25) is 4.79 Å². The molecular formula is C25H22N2O6. The van der Waals surface area contributed by atoms with Gasteiger partial charge in [0.25, 0.3) is 0 Å². The summed E-state index contributed by atoms with van der Waals surface area (Å²) in [6.45, 7) is 3.77. The van der Waals surface area contributed by atoms with Crippen molar-refractivity contribution in [2.45, 2.75) is 20.4 Å². The molecule has 0 atom stereocenters.